The molecule has 0 aliphatic heterocycles. The van der Waals surface area contributed by atoms with Crippen molar-refractivity contribution in [1.29, 1.82) is 5.53 Å². The van der Waals surface area contributed by atoms with Crippen molar-refractivity contribution in [2.45, 2.75) is 0 Å². The van der Waals surface area contributed by atoms with Gasteiger partial charge in [0.1, 0.15) is 0 Å². The van der Waals surface area contributed by atoms with E-state index in [9.17, 15) is 0 Å². The van der Waals surface area contributed by atoms with Crippen LogP contribution in [0.15, 0.2) is 0 Å². The maximum Gasteiger partial charge on any atom is -0.00208 e. The fourth-order valence-corrected chi connectivity index (χ4v) is 0. The van der Waals surface area contributed by atoms with Gasteiger partial charge < -0.3 is 0 Å². The first-order chi connectivity index (χ1) is 3.15. The van der Waals surface area contributed by atoms with E-state index in [4.69, 9.17) is 39.0 Å². The molecule has 7 heavy (non-hydrogen) atoms. The molecule has 0 radical (unpaired) electrons. The summed E-state index contributed by atoms with van der Waals surface area (Å²) in [5.74, 6) is 0. The fourth-order valence-electron chi connectivity index (χ4n) is 0. The molecule has 0 amide bonds. The van der Waals surface area contributed by atoms with Gasteiger partial charge in [0, 0.05) is 0 Å². The normalized spacial score (nSPS) is 5.00. The Hall–Kier alpha value is 0.894. The Balaban J connectivity index is 0. The minimum absolute atomic E-state index is 1.75. The molecule has 0 bridgehead atoms. The molecule has 0 fully saturated rings. The van der Waals surface area contributed by atoms with Gasteiger partial charge in [-0.05, 0) is 10.4 Å². The van der Waals surface area contributed by atoms with Gasteiger partial charge in [0.2, 0.25) is 0 Å². The predicted molar refractivity (Wildman–Crippen MR) is 27.0 cm³/mol. The first-order valence-corrected chi connectivity index (χ1v) is 7.44. The summed E-state index contributed by atoms with van der Waals surface area (Å²) in [5.41, 5.74) is 12.2. The summed E-state index contributed by atoms with van der Waals surface area (Å²) in [6, 6.07) is 0. The minimum atomic E-state index is -1.92. The number of halogens is 3. The summed E-state index contributed by atoms with van der Waals surface area (Å²) in [5, 5.41) is 0. The van der Waals surface area contributed by atoms with Crippen LogP contribution in [-0.4, -0.2) is 0 Å². The van der Waals surface area contributed by atoms with Crippen LogP contribution in [0.25, 0.3) is 10.4 Å². The molecule has 0 spiro atoms. The van der Waals surface area contributed by atoms with E-state index in [0.717, 1.165) is 0 Å². The van der Waals surface area contributed by atoms with Crippen LogP contribution in [-0.2, 0) is 14.7 Å². The van der Waals surface area contributed by atoms with E-state index in [-0.39, 0.29) is 0 Å². The Morgan fingerprint density at radius 2 is 1.43 bits per heavy atom. The van der Waals surface area contributed by atoms with Crippen LogP contribution < -0.4 is 0 Å². The molecule has 7 heteroatoms. The molecule has 0 aromatic heterocycles. The van der Waals surface area contributed by atoms with E-state index in [0.29, 0.717) is 0 Å². The summed E-state index contributed by atoms with van der Waals surface area (Å²) < 4.78 is 0. The van der Waals surface area contributed by atoms with Crippen LogP contribution in [0.3, 0.4) is 0 Å². The van der Waals surface area contributed by atoms with Gasteiger partial charge in [-0.3, -0.25) is 0 Å². The molecule has 0 unspecified atom stereocenters. The van der Waals surface area contributed by atoms with Crippen LogP contribution in [0.1, 0.15) is 0 Å². The molecule has 0 aliphatic carbocycles. The Bertz CT molecular complexity index is 52.4. The molecule has 41 valence electrons. The van der Waals surface area contributed by atoms with Gasteiger partial charge in [0.05, 0.1) is 0 Å². The second-order valence-corrected chi connectivity index (χ2v) is 8.05. The van der Waals surface area contributed by atoms with E-state index in [1.165, 1.54) is 0 Å². The van der Waals surface area contributed by atoms with Gasteiger partial charge >= 0.3 is 42.6 Å². The summed E-state index contributed by atoms with van der Waals surface area (Å²) >= 11 is -1.92. The maximum atomic E-state index is 6.86. The van der Waals surface area contributed by atoms with E-state index in [2.05, 4.69) is 0 Å². The average Bonchev–Trinajstić information content (AvgIpc) is 1.33. The second-order valence-electron chi connectivity index (χ2n) is 0.314. The van der Waals surface area contributed by atoms with Crippen molar-refractivity contribution in [3.05, 3.63) is 10.4 Å². The molecule has 0 aromatic carbocycles. The van der Waals surface area contributed by atoms with Crippen molar-refractivity contribution in [3.8, 4) is 0 Å². The molecule has 0 aliphatic rings. The van der Waals surface area contributed by atoms with Gasteiger partial charge in [-0.1, -0.05) is 0 Å². The number of hydrogen-bond acceptors (Lipinski definition) is 1. The van der Waals surface area contributed by atoms with Gasteiger partial charge in [0.15, 0.2) is 0 Å². The zero-order chi connectivity index (χ0) is 6.28. The van der Waals surface area contributed by atoms with Crippen LogP contribution in [0.5, 0.6) is 0 Å². The summed E-state index contributed by atoms with van der Waals surface area (Å²) in [4.78, 5) is 1.75. The predicted octanol–water partition coefficient (Wildman–Crippen LogP) is 2.94. The molecular formula is HCl3N3Ti. The van der Waals surface area contributed by atoms with E-state index in [1.54, 1.807) is 4.91 Å². The SMILES string of the molecule is [Cl][Ti]([Cl])[Cl].[N-]=[N+]=N. The molecule has 0 rings (SSSR count). The smallest absolute Gasteiger partial charge is 0.00208 e. The largest absolute Gasteiger partial charge is 0.108 e. The zero-order valence-electron chi connectivity index (χ0n) is 3.03. The quantitative estimate of drug-likeness (QED) is 0.268. The molecule has 0 heterocycles. The van der Waals surface area contributed by atoms with E-state index < -0.39 is 14.7 Å². The molecule has 0 aromatic rings. The Morgan fingerprint density at radius 1 is 1.43 bits per heavy atom. The molecule has 0 saturated carbocycles. The Morgan fingerprint density at radius 3 is 1.43 bits per heavy atom. The summed E-state index contributed by atoms with van der Waals surface area (Å²) in [6.07, 6.45) is 0. The third-order valence-electron chi connectivity index (χ3n) is 0. The minimum Gasteiger partial charge on any atom is -0.108 e. The standard InChI is InChI=1S/3ClH.HN3.Ti/c;;;1-3-2;/h3*1H;1H;/q;;;;+3/p-3. The van der Waals surface area contributed by atoms with Crippen molar-refractivity contribution < 1.29 is 14.7 Å². The Labute approximate surface area is 58.4 Å². The van der Waals surface area contributed by atoms with Crippen molar-refractivity contribution in [2.24, 2.45) is 0 Å². The van der Waals surface area contributed by atoms with Crippen LogP contribution >= 0.6 is 27.9 Å². The maximum absolute atomic E-state index is 6.86. The monoisotopic (exact) mass is 196 g/mol. The van der Waals surface area contributed by atoms with Crippen molar-refractivity contribution in [2.75, 3.05) is 0 Å². The van der Waals surface area contributed by atoms with Crippen LogP contribution in [0, 0.1) is 5.53 Å². The Kier molecular flexibility index (Phi) is 15.4. The topological polar surface area (TPSA) is 60.3 Å². The molecule has 1 N–H and O–H groups in total. The van der Waals surface area contributed by atoms with Crippen molar-refractivity contribution in [1.82, 2.24) is 0 Å². The van der Waals surface area contributed by atoms with Crippen LogP contribution in [0.2, 0.25) is 0 Å². The molecule has 3 nitrogen and oxygen atoms in total. The van der Waals surface area contributed by atoms with E-state index >= 15 is 0 Å². The first kappa shape index (κ1) is 10.8. The second kappa shape index (κ2) is 10.00. The fraction of sp³-hybridized carbons (Fsp3) is 0. The van der Waals surface area contributed by atoms with E-state index in [1.807, 2.05) is 0 Å². The van der Waals surface area contributed by atoms with Gasteiger partial charge in [0.25, 0.3) is 0 Å². The zero-order valence-corrected chi connectivity index (χ0v) is 6.86. The molecule has 0 atom stereocenters. The van der Waals surface area contributed by atoms with Crippen LogP contribution in [0.4, 0.5) is 0 Å². The van der Waals surface area contributed by atoms with Crippen molar-refractivity contribution >= 4 is 27.9 Å². The number of rotatable bonds is 0. The molecular weight excluding hydrogens is 196 g/mol. The summed E-state index contributed by atoms with van der Waals surface area (Å²) in [6.45, 7) is 0. The third kappa shape index (κ3) is 206. The number of hydrogen-bond donors (Lipinski definition) is 1. The average molecular weight is 197 g/mol. The first-order valence-electron chi connectivity index (χ1n) is 0.991. The summed E-state index contributed by atoms with van der Waals surface area (Å²) in [7, 11) is 14.9. The van der Waals surface area contributed by atoms with Crippen molar-refractivity contribution in [3.63, 3.8) is 0 Å². The third-order valence-corrected chi connectivity index (χ3v) is 0. The van der Waals surface area contributed by atoms with Gasteiger partial charge in [-0.2, -0.15) is 0 Å². The van der Waals surface area contributed by atoms with Gasteiger partial charge in [-0.25, -0.2) is 0 Å². The van der Waals surface area contributed by atoms with Gasteiger partial charge in [-0.15, -0.1) is 5.53 Å². The molecule has 0 saturated heterocycles. The number of nitrogens with zero attached hydrogens (tertiary/aromatic N) is 2. The number of nitrogens with one attached hydrogen (secondary N) is 1.